The summed E-state index contributed by atoms with van der Waals surface area (Å²) in [6.45, 7) is 4.43. The molecule has 1 aromatic heterocycles. The van der Waals surface area contributed by atoms with Crippen LogP contribution in [0, 0.1) is 0 Å². The summed E-state index contributed by atoms with van der Waals surface area (Å²) in [4.78, 5) is 4.65. The molecule has 1 atom stereocenters. The lowest BCUT2D eigenvalue weighted by Crippen LogP contribution is -2.00. The average Bonchev–Trinajstić information content (AvgIpc) is 2.55. The highest BCUT2D eigenvalue weighted by Gasteiger charge is 2.09. The van der Waals surface area contributed by atoms with Gasteiger partial charge in [-0.1, -0.05) is 44.9 Å². The van der Waals surface area contributed by atoms with Gasteiger partial charge in [0.25, 0.3) is 0 Å². The molecule has 0 saturated carbocycles. The molecule has 1 unspecified atom stereocenters. The minimum atomic E-state index is 0.306. The first-order chi connectivity index (χ1) is 10.2. The summed E-state index contributed by atoms with van der Waals surface area (Å²) in [5.41, 5.74) is 3.73. The molecule has 2 rings (SSSR count). The van der Waals surface area contributed by atoms with Crippen molar-refractivity contribution in [3.8, 4) is 5.75 Å². The summed E-state index contributed by atoms with van der Waals surface area (Å²) in [5, 5.41) is 0. The smallest absolute Gasteiger partial charge is 0.118 e. The predicted molar refractivity (Wildman–Crippen MR) is 88.0 cm³/mol. The van der Waals surface area contributed by atoms with Crippen LogP contribution in [0.2, 0.25) is 0 Å². The zero-order chi connectivity index (χ0) is 15.1. The molecule has 1 aromatic carbocycles. The van der Waals surface area contributed by atoms with Crippen LogP contribution in [0.5, 0.6) is 5.75 Å². The molecular formula is C19H25NO. The highest BCUT2D eigenvalue weighted by atomic mass is 16.5. The van der Waals surface area contributed by atoms with Gasteiger partial charge in [-0.05, 0) is 42.2 Å². The van der Waals surface area contributed by atoms with E-state index in [0.29, 0.717) is 5.92 Å². The highest BCUT2D eigenvalue weighted by Crippen LogP contribution is 2.24. The van der Waals surface area contributed by atoms with E-state index in [-0.39, 0.29) is 0 Å². The van der Waals surface area contributed by atoms with Crippen LogP contribution in [-0.2, 0) is 6.42 Å². The summed E-state index contributed by atoms with van der Waals surface area (Å²) < 4.78 is 5.20. The van der Waals surface area contributed by atoms with Gasteiger partial charge < -0.3 is 4.74 Å². The van der Waals surface area contributed by atoms with Gasteiger partial charge >= 0.3 is 0 Å². The second-order valence-electron chi connectivity index (χ2n) is 5.54. The van der Waals surface area contributed by atoms with Crippen molar-refractivity contribution < 1.29 is 4.74 Å². The van der Waals surface area contributed by atoms with Crippen LogP contribution in [0.3, 0.4) is 0 Å². The molecule has 1 heterocycles. The minimum absolute atomic E-state index is 0.306. The van der Waals surface area contributed by atoms with Crippen LogP contribution >= 0.6 is 0 Å². The molecule has 2 heteroatoms. The number of nitrogens with zero attached hydrogens (tertiary/aromatic N) is 1. The molecule has 0 saturated heterocycles. The monoisotopic (exact) mass is 283 g/mol. The average molecular weight is 283 g/mol. The quantitative estimate of drug-likeness (QED) is 0.669. The van der Waals surface area contributed by atoms with Crippen molar-refractivity contribution in [1.29, 1.82) is 0 Å². The van der Waals surface area contributed by atoms with Crippen molar-refractivity contribution in [2.75, 3.05) is 7.11 Å². The van der Waals surface area contributed by atoms with E-state index in [1.165, 1.54) is 30.4 Å². The van der Waals surface area contributed by atoms with Crippen molar-refractivity contribution in [3.63, 3.8) is 0 Å². The van der Waals surface area contributed by atoms with Gasteiger partial charge in [0.05, 0.1) is 7.11 Å². The molecule has 0 radical (unpaired) electrons. The maximum atomic E-state index is 5.20. The molecule has 0 amide bonds. The lowest BCUT2D eigenvalue weighted by atomic mass is 9.96. The van der Waals surface area contributed by atoms with E-state index in [2.05, 4.69) is 43.1 Å². The third-order valence-electron chi connectivity index (χ3n) is 3.98. The van der Waals surface area contributed by atoms with Crippen LogP contribution in [0.15, 0.2) is 42.6 Å². The Morgan fingerprint density at radius 3 is 2.38 bits per heavy atom. The molecule has 0 aliphatic heterocycles. The first kappa shape index (κ1) is 15.6. The number of hydrogen-bond acceptors (Lipinski definition) is 2. The maximum absolute atomic E-state index is 5.20. The minimum Gasteiger partial charge on any atom is -0.497 e. The zero-order valence-corrected chi connectivity index (χ0v) is 13.3. The Balaban J connectivity index is 2.02. The summed E-state index contributed by atoms with van der Waals surface area (Å²) in [6.07, 6.45) is 6.98. The molecule has 2 nitrogen and oxygen atoms in total. The largest absolute Gasteiger partial charge is 0.497 e. The van der Waals surface area contributed by atoms with Gasteiger partial charge in [0.1, 0.15) is 5.75 Å². The Morgan fingerprint density at radius 2 is 1.81 bits per heavy atom. The van der Waals surface area contributed by atoms with Gasteiger partial charge in [-0.2, -0.15) is 0 Å². The molecule has 112 valence electrons. The predicted octanol–water partition coefficient (Wildman–Crippen LogP) is 4.97. The molecule has 0 fully saturated rings. The third-order valence-corrected chi connectivity index (χ3v) is 3.98. The Kier molecular flexibility index (Phi) is 5.79. The van der Waals surface area contributed by atoms with Gasteiger partial charge in [-0.15, -0.1) is 0 Å². The zero-order valence-electron chi connectivity index (χ0n) is 13.3. The Hall–Kier alpha value is -1.83. The summed E-state index contributed by atoms with van der Waals surface area (Å²) in [5.74, 6) is 1.20. The van der Waals surface area contributed by atoms with Crippen LogP contribution in [0.4, 0.5) is 0 Å². The molecule has 0 N–H and O–H groups in total. The number of benzene rings is 1. The number of aryl methyl sites for hydroxylation is 1. The fraction of sp³-hybridized carbons (Fsp3) is 0.421. The van der Waals surface area contributed by atoms with Crippen molar-refractivity contribution in [2.24, 2.45) is 0 Å². The van der Waals surface area contributed by atoms with Crippen molar-refractivity contribution in [1.82, 2.24) is 4.98 Å². The van der Waals surface area contributed by atoms with Crippen LogP contribution in [0.25, 0.3) is 0 Å². The Labute approximate surface area is 128 Å². The first-order valence-electron chi connectivity index (χ1n) is 7.83. The van der Waals surface area contributed by atoms with Gasteiger partial charge in [0.2, 0.25) is 0 Å². The Bertz CT molecular complexity index is 530. The van der Waals surface area contributed by atoms with E-state index in [1.54, 1.807) is 7.11 Å². The molecule has 2 aromatic rings. The number of pyridine rings is 1. The topological polar surface area (TPSA) is 22.1 Å². The van der Waals surface area contributed by atoms with E-state index >= 15 is 0 Å². The molecule has 0 aliphatic carbocycles. The van der Waals surface area contributed by atoms with E-state index < -0.39 is 0 Å². The van der Waals surface area contributed by atoms with Crippen LogP contribution in [0.1, 0.15) is 55.8 Å². The second kappa shape index (κ2) is 7.82. The number of unbranched alkanes of at least 4 members (excludes halogenated alkanes) is 2. The number of methoxy groups -OCH3 is 1. The first-order valence-corrected chi connectivity index (χ1v) is 7.83. The SMILES string of the molecule is CCCCCc1ccc(C(C)c2ccc(OC)cc2)nc1. The third kappa shape index (κ3) is 4.32. The van der Waals surface area contributed by atoms with E-state index in [4.69, 9.17) is 4.74 Å². The van der Waals surface area contributed by atoms with Gasteiger partial charge in [0, 0.05) is 17.8 Å². The lowest BCUT2D eigenvalue weighted by Gasteiger charge is -2.12. The summed E-state index contributed by atoms with van der Waals surface area (Å²) in [7, 11) is 1.69. The number of aromatic nitrogens is 1. The Morgan fingerprint density at radius 1 is 1.05 bits per heavy atom. The molecule has 0 spiro atoms. The molecule has 21 heavy (non-hydrogen) atoms. The van der Waals surface area contributed by atoms with Crippen molar-refractivity contribution in [2.45, 2.75) is 45.4 Å². The molecule has 0 aliphatic rings. The van der Waals surface area contributed by atoms with Crippen LogP contribution < -0.4 is 4.74 Å². The normalized spacial score (nSPS) is 12.1. The maximum Gasteiger partial charge on any atom is 0.118 e. The molecule has 0 bridgehead atoms. The lowest BCUT2D eigenvalue weighted by molar-refractivity contribution is 0.414. The van der Waals surface area contributed by atoms with E-state index in [0.717, 1.165) is 17.9 Å². The molecular weight excluding hydrogens is 258 g/mol. The second-order valence-corrected chi connectivity index (χ2v) is 5.54. The number of ether oxygens (including phenoxy) is 1. The van der Waals surface area contributed by atoms with Crippen LogP contribution in [-0.4, -0.2) is 12.1 Å². The standard InChI is InChI=1S/C19H25NO/c1-4-5-6-7-16-8-13-19(20-14-16)15(2)17-9-11-18(21-3)12-10-17/h8-15H,4-7H2,1-3H3. The van der Waals surface area contributed by atoms with E-state index in [9.17, 15) is 0 Å². The summed E-state index contributed by atoms with van der Waals surface area (Å²) >= 11 is 0. The number of rotatable bonds is 7. The van der Waals surface area contributed by atoms with Gasteiger partial charge in [-0.25, -0.2) is 0 Å². The summed E-state index contributed by atoms with van der Waals surface area (Å²) in [6, 6.07) is 12.6. The van der Waals surface area contributed by atoms with E-state index in [1.807, 2.05) is 18.3 Å². The number of hydrogen-bond donors (Lipinski definition) is 0. The van der Waals surface area contributed by atoms with Gasteiger partial charge in [0.15, 0.2) is 0 Å². The fourth-order valence-corrected chi connectivity index (χ4v) is 2.48. The van der Waals surface area contributed by atoms with Crippen molar-refractivity contribution >= 4 is 0 Å². The van der Waals surface area contributed by atoms with Gasteiger partial charge in [-0.3, -0.25) is 4.98 Å². The van der Waals surface area contributed by atoms with Crippen molar-refractivity contribution in [3.05, 3.63) is 59.4 Å². The fourth-order valence-electron chi connectivity index (χ4n) is 2.48. The highest BCUT2D eigenvalue weighted by molar-refractivity contribution is 5.33.